The predicted octanol–water partition coefficient (Wildman–Crippen LogP) is 2.72. The van der Waals surface area contributed by atoms with Gasteiger partial charge in [0.1, 0.15) is 0 Å². The van der Waals surface area contributed by atoms with Gasteiger partial charge in [-0.25, -0.2) is 0 Å². The van der Waals surface area contributed by atoms with Crippen LogP contribution in [0.3, 0.4) is 0 Å². The molecule has 92 valence electrons. The van der Waals surface area contributed by atoms with Crippen LogP contribution in [0.4, 0.5) is 0 Å². The molecule has 1 N–H and O–H groups in total. The molecule has 1 fully saturated rings. The fraction of sp³-hybridized carbons (Fsp3) is 0.750. The first kappa shape index (κ1) is 13.7. The van der Waals surface area contributed by atoms with Gasteiger partial charge in [0, 0.05) is 17.6 Å². The average molecular weight is 290 g/mol. The highest BCUT2D eigenvalue weighted by Crippen LogP contribution is 2.34. The van der Waals surface area contributed by atoms with E-state index in [1.54, 1.807) is 0 Å². The Morgan fingerprint density at radius 2 is 2.25 bits per heavy atom. The lowest BCUT2D eigenvalue weighted by Gasteiger charge is -2.39. The molecular weight excluding hydrogens is 270 g/mol. The maximum absolute atomic E-state index is 11.2. The minimum Gasteiger partial charge on any atom is -0.481 e. The van der Waals surface area contributed by atoms with Gasteiger partial charge >= 0.3 is 5.97 Å². The minimum atomic E-state index is -0.697. The number of carboxylic acids is 1. The SMILES string of the molecule is C=C(Br)CN1CCCC(C(C)(C)C(=O)O)C1. The molecule has 1 aliphatic rings. The van der Waals surface area contributed by atoms with E-state index in [4.69, 9.17) is 0 Å². The molecule has 16 heavy (non-hydrogen) atoms. The van der Waals surface area contributed by atoms with Crippen molar-refractivity contribution in [1.82, 2.24) is 4.90 Å². The summed E-state index contributed by atoms with van der Waals surface area (Å²) in [6, 6.07) is 0. The maximum Gasteiger partial charge on any atom is 0.309 e. The van der Waals surface area contributed by atoms with E-state index in [1.807, 2.05) is 13.8 Å². The molecule has 4 heteroatoms. The van der Waals surface area contributed by atoms with E-state index in [1.165, 1.54) is 0 Å². The van der Waals surface area contributed by atoms with Crippen molar-refractivity contribution in [3.05, 3.63) is 11.1 Å². The molecule has 0 saturated carbocycles. The summed E-state index contributed by atoms with van der Waals surface area (Å²) in [5.41, 5.74) is -0.633. The largest absolute Gasteiger partial charge is 0.481 e. The average Bonchev–Trinajstić information content (AvgIpc) is 2.16. The summed E-state index contributed by atoms with van der Waals surface area (Å²) in [7, 11) is 0. The molecule has 0 aliphatic carbocycles. The smallest absolute Gasteiger partial charge is 0.309 e. The molecule has 1 atom stereocenters. The number of halogens is 1. The summed E-state index contributed by atoms with van der Waals surface area (Å²) >= 11 is 3.36. The Balaban J connectivity index is 2.63. The third-order valence-electron chi connectivity index (χ3n) is 3.47. The van der Waals surface area contributed by atoms with Gasteiger partial charge in [-0.1, -0.05) is 22.5 Å². The zero-order chi connectivity index (χ0) is 12.3. The number of aliphatic carboxylic acids is 1. The third kappa shape index (κ3) is 3.32. The number of nitrogens with zero attached hydrogens (tertiary/aromatic N) is 1. The number of rotatable bonds is 4. The van der Waals surface area contributed by atoms with Gasteiger partial charge in [-0.15, -0.1) is 0 Å². The molecule has 0 aromatic carbocycles. The van der Waals surface area contributed by atoms with E-state index >= 15 is 0 Å². The molecule has 0 amide bonds. The Morgan fingerprint density at radius 3 is 2.75 bits per heavy atom. The minimum absolute atomic E-state index is 0.227. The first-order valence-electron chi connectivity index (χ1n) is 5.63. The zero-order valence-corrected chi connectivity index (χ0v) is 11.6. The molecule has 1 aliphatic heterocycles. The Bertz CT molecular complexity index is 289. The van der Waals surface area contributed by atoms with Crippen LogP contribution in [0.15, 0.2) is 11.1 Å². The highest BCUT2D eigenvalue weighted by atomic mass is 79.9. The van der Waals surface area contributed by atoms with Gasteiger partial charge in [-0.3, -0.25) is 9.69 Å². The molecular formula is C12H20BrNO2. The van der Waals surface area contributed by atoms with Crippen molar-refractivity contribution in [3.63, 3.8) is 0 Å². The topological polar surface area (TPSA) is 40.5 Å². The van der Waals surface area contributed by atoms with Crippen LogP contribution >= 0.6 is 15.9 Å². The van der Waals surface area contributed by atoms with Gasteiger partial charge in [0.05, 0.1) is 5.41 Å². The van der Waals surface area contributed by atoms with E-state index in [9.17, 15) is 9.90 Å². The van der Waals surface area contributed by atoms with E-state index in [2.05, 4.69) is 27.4 Å². The summed E-state index contributed by atoms with van der Waals surface area (Å²) in [5.74, 6) is -0.470. The van der Waals surface area contributed by atoms with Crippen LogP contribution in [0.5, 0.6) is 0 Å². The summed E-state index contributed by atoms with van der Waals surface area (Å²) in [4.78, 5) is 13.5. The third-order valence-corrected chi connectivity index (χ3v) is 3.72. The fourth-order valence-electron chi connectivity index (χ4n) is 2.21. The summed E-state index contributed by atoms with van der Waals surface area (Å²) in [6.45, 7) is 10.2. The molecule has 1 saturated heterocycles. The van der Waals surface area contributed by atoms with Crippen molar-refractivity contribution in [2.75, 3.05) is 19.6 Å². The predicted molar refractivity (Wildman–Crippen MR) is 68.6 cm³/mol. The normalized spacial score (nSPS) is 23.1. The van der Waals surface area contributed by atoms with E-state index < -0.39 is 11.4 Å². The van der Waals surface area contributed by atoms with E-state index in [0.717, 1.165) is 37.0 Å². The highest BCUT2D eigenvalue weighted by molar-refractivity contribution is 9.11. The maximum atomic E-state index is 11.2. The first-order chi connectivity index (χ1) is 7.34. The molecule has 0 aromatic rings. The second-order valence-electron chi connectivity index (χ2n) is 5.12. The van der Waals surface area contributed by atoms with Gasteiger partial charge in [0.2, 0.25) is 0 Å². The van der Waals surface area contributed by atoms with Crippen LogP contribution in [-0.4, -0.2) is 35.6 Å². The highest BCUT2D eigenvalue weighted by Gasteiger charge is 2.38. The molecule has 3 nitrogen and oxygen atoms in total. The fourth-order valence-corrected chi connectivity index (χ4v) is 2.56. The molecule has 0 spiro atoms. The standard InChI is InChI=1S/C12H20BrNO2/c1-9(13)7-14-6-4-5-10(8-14)12(2,3)11(15)16/h10H,1,4-8H2,2-3H3,(H,15,16). The number of hydrogen-bond acceptors (Lipinski definition) is 2. The Kier molecular flexibility index (Phi) is 4.56. The van der Waals surface area contributed by atoms with Gasteiger partial charge in [0.15, 0.2) is 0 Å². The van der Waals surface area contributed by atoms with E-state index in [-0.39, 0.29) is 5.92 Å². The quantitative estimate of drug-likeness (QED) is 0.865. The monoisotopic (exact) mass is 289 g/mol. The molecule has 0 aromatic heterocycles. The summed E-state index contributed by atoms with van der Waals surface area (Å²) in [5, 5.41) is 9.22. The lowest BCUT2D eigenvalue weighted by Crippen LogP contribution is -2.44. The number of hydrogen-bond donors (Lipinski definition) is 1. The van der Waals surface area contributed by atoms with Crippen molar-refractivity contribution in [2.24, 2.45) is 11.3 Å². The van der Waals surface area contributed by atoms with Crippen LogP contribution in [0.1, 0.15) is 26.7 Å². The van der Waals surface area contributed by atoms with Crippen LogP contribution < -0.4 is 0 Å². The number of likely N-dealkylation sites (tertiary alicyclic amines) is 1. The van der Waals surface area contributed by atoms with Crippen LogP contribution in [0.2, 0.25) is 0 Å². The number of carboxylic acid groups (broad SMARTS) is 1. The van der Waals surface area contributed by atoms with Gasteiger partial charge in [-0.05, 0) is 39.2 Å². The van der Waals surface area contributed by atoms with Crippen molar-refractivity contribution >= 4 is 21.9 Å². The van der Waals surface area contributed by atoms with Crippen molar-refractivity contribution in [2.45, 2.75) is 26.7 Å². The Labute approximate surface area is 106 Å². The second-order valence-corrected chi connectivity index (χ2v) is 6.24. The lowest BCUT2D eigenvalue weighted by atomic mass is 9.74. The second kappa shape index (κ2) is 5.32. The summed E-state index contributed by atoms with van der Waals surface area (Å²) < 4.78 is 0.960. The van der Waals surface area contributed by atoms with Crippen molar-refractivity contribution in [3.8, 4) is 0 Å². The Morgan fingerprint density at radius 1 is 1.62 bits per heavy atom. The summed E-state index contributed by atoms with van der Waals surface area (Å²) in [6.07, 6.45) is 2.08. The zero-order valence-electron chi connectivity index (χ0n) is 10.0. The van der Waals surface area contributed by atoms with Crippen LogP contribution in [0, 0.1) is 11.3 Å². The van der Waals surface area contributed by atoms with Crippen molar-refractivity contribution < 1.29 is 9.90 Å². The molecule has 1 rings (SSSR count). The van der Waals surface area contributed by atoms with Crippen LogP contribution in [0.25, 0.3) is 0 Å². The van der Waals surface area contributed by atoms with Gasteiger partial charge < -0.3 is 5.11 Å². The first-order valence-corrected chi connectivity index (χ1v) is 6.42. The number of carbonyl (C=O) groups is 1. The van der Waals surface area contributed by atoms with Gasteiger partial charge in [0.25, 0.3) is 0 Å². The Hall–Kier alpha value is -0.350. The molecule has 0 bridgehead atoms. The lowest BCUT2D eigenvalue weighted by molar-refractivity contribution is -0.151. The van der Waals surface area contributed by atoms with E-state index in [0.29, 0.717) is 0 Å². The molecule has 1 unspecified atom stereocenters. The number of piperidine rings is 1. The van der Waals surface area contributed by atoms with Gasteiger partial charge in [-0.2, -0.15) is 0 Å². The van der Waals surface area contributed by atoms with Crippen LogP contribution in [-0.2, 0) is 4.79 Å². The molecule has 0 radical (unpaired) electrons. The molecule has 1 heterocycles. The van der Waals surface area contributed by atoms with Crippen molar-refractivity contribution in [1.29, 1.82) is 0 Å².